The maximum Gasteiger partial charge on any atom is 0.260 e. The Kier molecular flexibility index (Phi) is 7.26. The summed E-state index contributed by atoms with van der Waals surface area (Å²) in [6, 6.07) is 19.0. The first-order valence-electron chi connectivity index (χ1n) is 14.2. The third-order valence-electron chi connectivity index (χ3n) is 8.32. The van der Waals surface area contributed by atoms with E-state index in [2.05, 4.69) is 10.3 Å². The average Bonchev–Trinajstić information content (AvgIpc) is 3.48. The van der Waals surface area contributed by atoms with Crippen molar-refractivity contribution < 1.29 is 9.59 Å². The molecule has 1 unspecified atom stereocenters. The summed E-state index contributed by atoms with van der Waals surface area (Å²) in [7, 11) is 0. The molecule has 1 N–H and O–H groups in total. The number of fused-ring (bicyclic) bond motifs is 1. The molecule has 9 nitrogen and oxygen atoms in total. The minimum absolute atomic E-state index is 0.00832. The summed E-state index contributed by atoms with van der Waals surface area (Å²) in [6.45, 7) is 5.94. The largest absolute Gasteiger partial charge is 0.351 e. The number of aryl methyl sites for hydroxylation is 1. The van der Waals surface area contributed by atoms with Gasteiger partial charge in [0.1, 0.15) is 5.65 Å². The van der Waals surface area contributed by atoms with E-state index in [0.717, 1.165) is 29.4 Å². The molecule has 0 radical (unpaired) electrons. The standard InChI is InChI=1S/C32H34N6O3/c1-21-8-6-7-11-27(21)28-18-24-19-33-32(35-29(24)38(31(28)41)26-14-17-37(20-26)22(2)39)34-25-12-15-36(16-13-25)30(40)23-9-4-3-5-10-23/h3-11,18-19,25-26H,12-17,20H2,1-2H3,(H,33,34,35). The number of rotatable bonds is 5. The third-order valence-corrected chi connectivity index (χ3v) is 8.32. The van der Waals surface area contributed by atoms with Crippen LogP contribution in [0.25, 0.3) is 22.2 Å². The molecule has 2 saturated heterocycles. The Morgan fingerprint density at radius 2 is 1.61 bits per heavy atom. The zero-order chi connectivity index (χ0) is 28.5. The Balaban J connectivity index is 1.29. The second-order valence-corrected chi connectivity index (χ2v) is 11.0. The maximum absolute atomic E-state index is 14.1. The fourth-order valence-corrected chi connectivity index (χ4v) is 6.01. The molecular weight excluding hydrogens is 516 g/mol. The van der Waals surface area contributed by atoms with Crippen LogP contribution in [0.1, 0.15) is 48.1 Å². The van der Waals surface area contributed by atoms with Gasteiger partial charge in [-0.15, -0.1) is 0 Å². The Morgan fingerprint density at radius 3 is 2.32 bits per heavy atom. The summed E-state index contributed by atoms with van der Waals surface area (Å²) in [5.41, 5.74) is 3.67. The van der Waals surface area contributed by atoms with Gasteiger partial charge in [0.05, 0.1) is 6.04 Å². The number of hydrogen-bond acceptors (Lipinski definition) is 6. The number of anilines is 1. The minimum atomic E-state index is -0.173. The van der Waals surface area contributed by atoms with Crippen LogP contribution < -0.4 is 10.9 Å². The number of hydrogen-bond donors (Lipinski definition) is 1. The molecular formula is C32H34N6O3. The lowest BCUT2D eigenvalue weighted by Crippen LogP contribution is -2.42. The second-order valence-electron chi connectivity index (χ2n) is 11.0. The molecule has 2 aromatic heterocycles. The second kappa shape index (κ2) is 11.2. The zero-order valence-electron chi connectivity index (χ0n) is 23.4. The molecule has 2 aliphatic heterocycles. The Bertz CT molecular complexity index is 1660. The normalized spacial score (nSPS) is 17.7. The first kappa shape index (κ1) is 26.7. The van der Waals surface area contributed by atoms with Gasteiger partial charge in [-0.2, -0.15) is 4.98 Å². The summed E-state index contributed by atoms with van der Waals surface area (Å²) in [4.78, 5) is 52.2. The molecule has 0 spiro atoms. The van der Waals surface area contributed by atoms with E-state index in [0.29, 0.717) is 55.3 Å². The Labute approximate surface area is 238 Å². The number of carbonyl (C=O) groups is 2. The molecule has 4 heterocycles. The van der Waals surface area contributed by atoms with Crippen molar-refractivity contribution in [2.75, 3.05) is 31.5 Å². The topological polar surface area (TPSA) is 100 Å². The number of pyridine rings is 1. The van der Waals surface area contributed by atoms with Crippen molar-refractivity contribution in [1.29, 1.82) is 0 Å². The van der Waals surface area contributed by atoms with Gasteiger partial charge in [-0.05, 0) is 55.5 Å². The Hall–Kier alpha value is -4.53. The minimum Gasteiger partial charge on any atom is -0.351 e. The zero-order valence-corrected chi connectivity index (χ0v) is 23.4. The van der Waals surface area contributed by atoms with E-state index >= 15 is 0 Å². The van der Waals surface area contributed by atoms with Crippen molar-refractivity contribution in [1.82, 2.24) is 24.3 Å². The highest BCUT2D eigenvalue weighted by Crippen LogP contribution is 2.29. The fourth-order valence-electron chi connectivity index (χ4n) is 6.01. The lowest BCUT2D eigenvalue weighted by Gasteiger charge is -2.32. The smallest absolute Gasteiger partial charge is 0.260 e. The molecule has 4 aromatic rings. The van der Waals surface area contributed by atoms with Crippen molar-refractivity contribution >= 4 is 28.8 Å². The quantitative estimate of drug-likeness (QED) is 0.398. The highest BCUT2D eigenvalue weighted by atomic mass is 16.2. The molecule has 1 atom stereocenters. The van der Waals surface area contributed by atoms with E-state index < -0.39 is 0 Å². The first-order valence-corrected chi connectivity index (χ1v) is 14.2. The molecule has 6 rings (SSSR count). The van der Waals surface area contributed by atoms with Gasteiger partial charge in [-0.25, -0.2) is 4.98 Å². The van der Waals surface area contributed by atoms with Gasteiger partial charge in [0.2, 0.25) is 11.9 Å². The van der Waals surface area contributed by atoms with Gasteiger partial charge in [0, 0.05) is 61.9 Å². The molecule has 0 aliphatic carbocycles. The van der Waals surface area contributed by atoms with Gasteiger partial charge in [0.15, 0.2) is 0 Å². The van der Waals surface area contributed by atoms with Crippen LogP contribution >= 0.6 is 0 Å². The van der Waals surface area contributed by atoms with Crippen molar-refractivity contribution in [2.24, 2.45) is 0 Å². The summed E-state index contributed by atoms with van der Waals surface area (Å²) in [5.74, 6) is 0.521. The highest BCUT2D eigenvalue weighted by Gasteiger charge is 2.29. The molecule has 210 valence electrons. The van der Waals surface area contributed by atoms with Gasteiger partial charge in [-0.1, -0.05) is 42.5 Å². The molecule has 0 saturated carbocycles. The van der Waals surface area contributed by atoms with Crippen LogP contribution in [0, 0.1) is 6.92 Å². The predicted octanol–water partition coefficient (Wildman–Crippen LogP) is 4.28. The molecule has 2 amide bonds. The van der Waals surface area contributed by atoms with E-state index in [1.165, 1.54) is 0 Å². The predicted molar refractivity (Wildman–Crippen MR) is 159 cm³/mol. The number of nitrogens with one attached hydrogen (secondary N) is 1. The van der Waals surface area contributed by atoms with Crippen LogP contribution in [0.15, 0.2) is 71.7 Å². The molecule has 9 heteroatoms. The van der Waals surface area contributed by atoms with Crippen molar-refractivity contribution in [3.8, 4) is 11.1 Å². The number of piperidine rings is 1. The van der Waals surface area contributed by atoms with Crippen LogP contribution in [0.4, 0.5) is 5.95 Å². The number of nitrogens with zero attached hydrogens (tertiary/aromatic N) is 5. The maximum atomic E-state index is 14.1. The third kappa shape index (κ3) is 5.31. The van der Waals surface area contributed by atoms with Crippen LogP contribution in [0.3, 0.4) is 0 Å². The van der Waals surface area contributed by atoms with Crippen LogP contribution in [-0.2, 0) is 4.79 Å². The van der Waals surface area contributed by atoms with Crippen LogP contribution in [0.5, 0.6) is 0 Å². The molecule has 2 fully saturated rings. The molecule has 41 heavy (non-hydrogen) atoms. The highest BCUT2D eigenvalue weighted by molar-refractivity contribution is 5.94. The van der Waals surface area contributed by atoms with E-state index in [1.807, 2.05) is 72.5 Å². The van der Waals surface area contributed by atoms with E-state index in [-0.39, 0.29) is 29.5 Å². The average molecular weight is 551 g/mol. The van der Waals surface area contributed by atoms with E-state index in [9.17, 15) is 14.4 Å². The Morgan fingerprint density at radius 1 is 0.902 bits per heavy atom. The van der Waals surface area contributed by atoms with Crippen molar-refractivity contribution in [2.45, 2.75) is 45.2 Å². The molecule has 0 bridgehead atoms. The van der Waals surface area contributed by atoms with Gasteiger partial charge < -0.3 is 15.1 Å². The van der Waals surface area contributed by atoms with Crippen LogP contribution in [-0.4, -0.2) is 68.4 Å². The fraction of sp³-hybridized carbons (Fsp3) is 0.344. The monoisotopic (exact) mass is 550 g/mol. The van der Waals surface area contributed by atoms with Gasteiger partial charge in [0.25, 0.3) is 11.5 Å². The van der Waals surface area contributed by atoms with E-state index in [1.54, 1.807) is 22.6 Å². The first-order chi connectivity index (χ1) is 19.9. The van der Waals surface area contributed by atoms with E-state index in [4.69, 9.17) is 4.98 Å². The molecule has 2 aromatic carbocycles. The summed E-state index contributed by atoms with van der Waals surface area (Å²) in [5, 5.41) is 4.23. The lowest BCUT2D eigenvalue weighted by atomic mass is 10.0. The summed E-state index contributed by atoms with van der Waals surface area (Å²) >= 11 is 0. The van der Waals surface area contributed by atoms with Crippen molar-refractivity contribution in [3.05, 3.63) is 88.3 Å². The van der Waals surface area contributed by atoms with Crippen LogP contribution in [0.2, 0.25) is 0 Å². The number of aromatic nitrogens is 3. The number of amides is 2. The molecule has 2 aliphatic rings. The number of carbonyl (C=O) groups excluding carboxylic acids is 2. The van der Waals surface area contributed by atoms with Gasteiger partial charge >= 0.3 is 0 Å². The SMILES string of the molecule is CC(=O)N1CCC(n2c(=O)c(-c3ccccc3C)cc3cnc(NC4CCN(C(=O)c5ccccc5)CC4)nc32)C1. The number of benzene rings is 2. The number of likely N-dealkylation sites (tertiary alicyclic amines) is 2. The van der Waals surface area contributed by atoms with Crippen molar-refractivity contribution in [3.63, 3.8) is 0 Å². The lowest BCUT2D eigenvalue weighted by molar-refractivity contribution is -0.127. The summed E-state index contributed by atoms with van der Waals surface area (Å²) < 4.78 is 1.77. The van der Waals surface area contributed by atoms with Gasteiger partial charge in [-0.3, -0.25) is 19.0 Å². The summed E-state index contributed by atoms with van der Waals surface area (Å²) in [6.07, 6.45) is 4.00.